The predicted octanol–water partition coefficient (Wildman–Crippen LogP) is 2.44. The fourth-order valence-electron chi connectivity index (χ4n) is 1.73. The second kappa shape index (κ2) is 5.23. The van der Waals surface area contributed by atoms with Gasteiger partial charge in [0.25, 0.3) is 5.92 Å². The molecule has 0 aliphatic carbocycles. The van der Waals surface area contributed by atoms with Crippen LogP contribution in [0.4, 0.5) is 8.78 Å². The molecule has 1 heterocycles. The number of halogens is 3. The summed E-state index contributed by atoms with van der Waals surface area (Å²) < 4.78 is 29.7. The van der Waals surface area contributed by atoms with Gasteiger partial charge in [-0.15, -0.1) is 0 Å². The quantitative estimate of drug-likeness (QED) is 0.894. The Morgan fingerprint density at radius 1 is 1.45 bits per heavy atom. The van der Waals surface area contributed by atoms with Gasteiger partial charge in [-0.25, -0.2) is 13.5 Å². The topological polar surface area (TPSA) is 64.1 Å². The lowest BCUT2D eigenvalue weighted by molar-refractivity contribution is -0.108. The van der Waals surface area contributed by atoms with Crippen molar-refractivity contribution in [2.24, 2.45) is 5.73 Å². The number of rotatable bonds is 4. The van der Waals surface area contributed by atoms with Crippen molar-refractivity contribution in [3.8, 4) is 5.69 Å². The Balaban J connectivity index is 2.39. The monoisotopic (exact) mass is 345 g/mol. The number of benzene rings is 1. The zero-order chi connectivity index (χ0) is 15.0. The zero-order valence-corrected chi connectivity index (χ0v) is 12.3. The highest BCUT2D eigenvalue weighted by Crippen LogP contribution is 2.34. The molecule has 0 radical (unpaired) electrons. The molecule has 2 aromatic rings. The van der Waals surface area contributed by atoms with Crippen LogP contribution in [0, 0.1) is 0 Å². The number of nitrogens with two attached hydrogens (primary N) is 1. The number of aromatic nitrogens is 2. The van der Waals surface area contributed by atoms with Crippen LogP contribution in [0.5, 0.6) is 0 Å². The van der Waals surface area contributed by atoms with Crippen molar-refractivity contribution in [3.05, 3.63) is 46.7 Å². The number of aliphatic hydroxyl groups excluding tert-OH is 1. The average molecular weight is 346 g/mol. The fraction of sp³-hybridized carbons (Fsp3) is 0.308. The summed E-state index contributed by atoms with van der Waals surface area (Å²) in [5, 5.41) is 12.8. The summed E-state index contributed by atoms with van der Waals surface area (Å²) in [5.41, 5.74) is 4.55. The molecule has 0 saturated carbocycles. The third-order valence-corrected chi connectivity index (χ3v) is 3.71. The zero-order valence-electron chi connectivity index (χ0n) is 10.7. The Hall–Kier alpha value is -1.31. The smallest absolute Gasteiger partial charge is 0.292 e. The fourth-order valence-corrected chi connectivity index (χ4v) is 2.11. The molecule has 20 heavy (non-hydrogen) atoms. The van der Waals surface area contributed by atoms with Crippen molar-refractivity contribution < 1.29 is 13.9 Å². The molecule has 0 amide bonds. The summed E-state index contributed by atoms with van der Waals surface area (Å²) >= 11 is 3.33. The van der Waals surface area contributed by atoms with Crippen LogP contribution in [-0.4, -0.2) is 27.4 Å². The van der Waals surface area contributed by atoms with E-state index in [1.165, 1.54) is 24.0 Å². The van der Waals surface area contributed by atoms with Crippen LogP contribution in [-0.2, 0) is 5.54 Å². The van der Waals surface area contributed by atoms with Gasteiger partial charge in [-0.05, 0) is 25.1 Å². The summed E-state index contributed by atoms with van der Waals surface area (Å²) in [6.45, 7) is -0.145. The van der Waals surface area contributed by atoms with Gasteiger partial charge < -0.3 is 10.8 Å². The molecule has 4 nitrogen and oxygen atoms in total. The van der Waals surface area contributed by atoms with Gasteiger partial charge in [0.1, 0.15) is 12.1 Å². The lowest BCUT2D eigenvalue weighted by Gasteiger charge is -2.31. The van der Waals surface area contributed by atoms with Crippen LogP contribution >= 0.6 is 15.9 Å². The van der Waals surface area contributed by atoms with Gasteiger partial charge in [0, 0.05) is 16.2 Å². The predicted molar refractivity (Wildman–Crippen MR) is 74.8 cm³/mol. The molecule has 0 aliphatic rings. The number of hydrogen-bond acceptors (Lipinski definition) is 3. The molecule has 2 rings (SSSR count). The van der Waals surface area contributed by atoms with E-state index in [-0.39, 0.29) is 5.56 Å². The normalized spacial score (nSPS) is 15.1. The molecule has 7 heteroatoms. The van der Waals surface area contributed by atoms with Gasteiger partial charge in [0.2, 0.25) is 0 Å². The van der Waals surface area contributed by atoms with Gasteiger partial charge in [-0.3, -0.25) is 0 Å². The van der Waals surface area contributed by atoms with E-state index in [9.17, 15) is 8.78 Å². The van der Waals surface area contributed by atoms with Crippen LogP contribution in [0.15, 0.2) is 41.1 Å². The standard InChI is InChI=1S/C13H14BrF2N3O/c1-12(17,13(15,16)8-20)9-6-18-19(7-9)11-4-2-3-10(14)5-11/h2-7,20H,8,17H2,1H3/t12-/m1/s1. The number of alkyl halides is 2. The minimum atomic E-state index is -3.43. The molecule has 0 aliphatic heterocycles. The van der Waals surface area contributed by atoms with Gasteiger partial charge in [-0.2, -0.15) is 5.10 Å². The Kier molecular flexibility index (Phi) is 3.95. The molecule has 1 aromatic heterocycles. The van der Waals surface area contributed by atoms with E-state index in [1.807, 2.05) is 12.1 Å². The summed E-state index contributed by atoms with van der Waals surface area (Å²) in [4.78, 5) is 0. The highest BCUT2D eigenvalue weighted by Gasteiger charge is 2.48. The van der Waals surface area contributed by atoms with Crippen LogP contribution < -0.4 is 5.73 Å². The van der Waals surface area contributed by atoms with E-state index in [4.69, 9.17) is 10.8 Å². The highest BCUT2D eigenvalue weighted by atomic mass is 79.9. The Labute approximate surface area is 123 Å². The molecular weight excluding hydrogens is 332 g/mol. The molecule has 108 valence electrons. The first kappa shape index (κ1) is 15.1. The van der Waals surface area contributed by atoms with Crippen LogP contribution in [0.1, 0.15) is 12.5 Å². The molecule has 0 bridgehead atoms. The molecule has 3 N–H and O–H groups in total. The van der Waals surface area contributed by atoms with Crippen molar-refractivity contribution in [1.29, 1.82) is 0 Å². The summed E-state index contributed by atoms with van der Waals surface area (Å²) in [6.07, 6.45) is 2.72. The molecule has 0 saturated heterocycles. The van der Waals surface area contributed by atoms with E-state index < -0.39 is 18.1 Å². The molecule has 1 atom stereocenters. The van der Waals surface area contributed by atoms with Crippen molar-refractivity contribution in [2.45, 2.75) is 18.4 Å². The van der Waals surface area contributed by atoms with E-state index in [0.717, 1.165) is 4.47 Å². The van der Waals surface area contributed by atoms with E-state index in [2.05, 4.69) is 21.0 Å². The highest BCUT2D eigenvalue weighted by molar-refractivity contribution is 9.10. The first-order valence-corrected chi connectivity index (χ1v) is 6.66. The first-order valence-electron chi connectivity index (χ1n) is 5.86. The third kappa shape index (κ3) is 2.61. The molecular formula is C13H14BrF2N3O. The average Bonchev–Trinajstić information content (AvgIpc) is 2.88. The minimum absolute atomic E-state index is 0.150. The van der Waals surface area contributed by atoms with Gasteiger partial charge in [0.05, 0.1) is 11.9 Å². The molecule has 0 fully saturated rings. The second-order valence-electron chi connectivity index (χ2n) is 4.72. The summed E-state index contributed by atoms with van der Waals surface area (Å²) in [5.74, 6) is -3.43. The largest absolute Gasteiger partial charge is 0.390 e. The Bertz CT molecular complexity index is 613. The number of hydrogen-bond donors (Lipinski definition) is 2. The van der Waals surface area contributed by atoms with Crippen molar-refractivity contribution in [1.82, 2.24) is 9.78 Å². The summed E-state index contributed by atoms with van der Waals surface area (Å²) in [7, 11) is 0. The minimum Gasteiger partial charge on any atom is -0.390 e. The lowest BCUT2D eigenvalue weighted by Crippen LogP contribution is -2.52. The molecule has 1 aromatic carbocycles. The van der Waals surface area contributed by atoms with E-state index in [1.54, 1.807) is 12.1 Å². The van der Waals surface area contributed by atoms with Crippen molar-refractivity contribution in [3.63, 3.8) is 0 Å². The van der Waals surface area contributed by atoms with Crippen molar-refractivity contribution >= 4 is 15.9 Å². The SMILES string of the molecule is C[C@@](N)(c1cnn(-c2cccc(Br)c2)c1)C(F)(F)CO. The maximum absolute atomic E-state index is 13.7. The van der Waals surface area contributed by atoms with Crippen molar-refractivity contribution in [2.75, 3.05) is 6.61 Å². The first-order chi connectivity index (χ1) is 9.28. The maximum atomic E-state index is 13.7. The summed E-state index contributed by atoms with van der Waals surface area (Å²) in [6, 6.07) is 7.25. The van der Waals surface area contributed by atoms with Gasteiger partial charge in [-0.1, -0.05) is 22.0 Å². The maximum Gasteiger partial charge on any atom is 0.292 e. The molecule has 0 spiro atoms. The molecule has 0 unspecified atom stereocenters. The lowest BCUT2D eigenvalue weighted by atomic mass is 9.89. The Morgan fingerprint density at radius 2 is 2.15 bits per heavy atom. The number of nitrogens with zero attached hydrogens (tertiary/aromatic N) is 2. The van der Waals surface area contributed by atoms with Gasteiger partial charge in [0.15, 0.2) is 0 Å². The third-order valence-electron chi connectivity index (χ3n) is 3.21. The van der Waals surface area contributed by atoms with E-state index in [0.29, 0.717) is 5.69 Å². The van der Waals surface area contributed by atoms with Crippen LogP contribution in [0.25, 0.3) is 5.69 Å². The van der Waals surface area contributed by atoms with Crippen LogP contribution in [0.2, 0.25) is 0 Å². The number of aliphatic hydroxyl groups is 1. The Morgan fingerprint density at radius 3 is 2.75 bits per heavy atom. The van der Waals surface area contributed by atoms with Crippen LogP contribution in [0.3, 0.4) is 0 Å². The second-order valence-corrected chi connectivity index (χ2v) is 5.63. The van der Waals surface area contributed by atoms with Gasteiger partial charge >= 0.3 is 0 Å². The van der Waals surface area contributed by atoms with E-state index >= 15 is 0 Å².